The van der Waals surface area contributed by atoms with Crippen molar-refractivity contribution < 1.29 is 9.18 Å². The highest BCUT2D eigenvalue weighted by molar-refractivity contribution is 5.90. The zero-order chi connectivity index (χ0) is 12.5. The molecule has 0 saturated heterocycles. The minimum atomic E-state index is -0.539. The van der Waals surface area contributed by atoms with E-state index >= 15 is 0 Å². The summed E-state index contributed by atoms with van der Waals surface area (Å²) in [6.07, 6.45) is 7.44. The van der Waals surface area contributed by atoms with E-state index < -0.39 is 5.95 Å². The van der Waals surface area contributed by atoms with Crippen LogP contribution in [0.15, 0.2) is 18.3 Å². The molecule has 3 nitrogen and oxygen atoms in total. The van der Waals surface area contributed by atoms with Crippen LogP contribution in [0.25, 0.3) is 0 Å². The third-order valence-corrected chi connectivity index (χ3v) is 2.52. The molecule has 0 saturated carbocycles. The number of nitrogens with zero attached hydrogens (tertiary/aromatic N) is 1. The van der Waals surface area contributed by atoms with Gasteiger partial charge in [0.2, 0.25) is 11.9 Å². The molecule has 1 amide bonds. The van der Waals surface area contributed by atoms with Crippen LogP contribution in [-0.4, -0.2) is 10.9 Å². The van der Waals surface area contributed by atoms with Crippen LogP contribution in [0.3, 0.4) is 0 Å². The van der Waals surface area contributed by atoms with Crippen molar-refractivity contribution in [2.75, 3.05) is 5.32 Å². The Kier molecular flexibility index (Phi) is 6.22. The maximum Gasteiger partial charge on any atom is 0.224 e. The molecule has 0 bridgehead atoms. The van der Waals surface area contributed by atoms with Crippen molar-refractivity contribution in [2.45, 2.75) is 45.4 Å². The monoisotopic (exact) mass is 238 g/mol. The van der Waals surface area contributed by atoms with Gasteiger partial charge in [0.25, 0.3) is 0 Å². The summed E-state index contributed by atoms with van der Waals surface area (Å²) in [4.78, 5) is 15.0. The average molecular weight is 238 g/mol. The summed E-state index contributed by atoms with van der Waals surface area (Å²) in [6, 6.07) is 2.74. The predicted molar refractivity (Wildman–Crippen MR) is 66.2 cm³/mol. The normalized spacial score (nSPS) is 10.2. The predicted octanol–water partition coefficient (Wildman–Crippen LogP) is 3.52. The first-order valence-electron chi connectivity index (χ1n) is 6.13. The fourth-order valence-corrected chi connectivity index (χ4v) is 1.56. The summed E-state index contributed by atoms with van der Waals surface area (Å²) in [5.74, 6) is -0.572. The van der Waals surface area contributed by atoms with E-state index in [1.165, 1.54) is 37.6 Å². The van der Waals surface area contributed by atoms with Crippen LogP contribution >= 0.6 is 0 Å². The van der Waals surface area contributed by atoms with Gasteiger partial charge in [0.1, 0.15) is 0 Å². The largest absolute Gasteiger partial charge is 0.325 e. The van der Waals surface area contributed by atoms with Crippen LogP contribution in [0.1, 0.15) is 45.4 Å². The van der Waals surface area contributed by atoms with Gasteiger partial charge in [0.15, 0.2) is 0 Å². The van der Waals surface area contributed by atoms with E-state index in [-0.39, 0.29) is 5.91 Å². The van der Waals surface area contributed by atoms with E-state index in [9.17, 15) is 9.18 Å². The molecular formula is C13H19FN2O. The molecule has 94 valence electrons. The molecule has 0 aromatic carbocycles. The number of amides is 1. The molecule has 0 radical (unpaired) electrons. The van der Waals surface area contributed by atoms with Gasteiger partial charge in [-0.05, 0) is 18.6 Å². The van der Waals surface area contributed by atoms with Crippen LogP contribution in [0.2, 0.25) is 0 Å². The summed E-state index contributed by atoms with van der Waals surface area (Å²) in [5.41, 5.74) is 0.546. The number of unbranched alkanes of at least 4 members (excludes halogenated alkanes) is 4. The van der Waals surface area contributed by atoms with Crippen molar-refractivity contribution in [3.05, 3.63) is 24.3 Å². The summed E-state index contributed by atoms with van der Waals surface area (Å²) in [7, 11) is 0. The smallest absolute Gasteiger partial charge is 0.224 e. The molecule has 1 rings (SSSR count). The minimum Gasteiger partial charge on any atom is -0.325 e. The van der Waals surface area contributed by atoms with E-state index in [0.29, 0.717) is 12.1 Å². The zero-order valence-corrected chi connectivity index (χ0v) is 10.2. The van der Waals surface area contributed by atoms with E-state index in [4.69, 9.17) is 0 Å². The lowest BCUT2D eigenvalue weighted by molar-refractivity contribution is -0.116. The molecule has 0 aliphatic heterocycles. The fraction of sp³-hybridized carbons (Fsp3) is 0.538. The molecular weight excluding hydrogens is 219 g/mol. The lowest BCUT2D eigenvalue weighted by Crippen LogP contribution is -2.11. The molecule has 1 heterocycles. The number of hydrogen-bond acceptors (Lipinski definition) is 2. The molecule has 1 aromatic rings. The first-order chi connectivity index (χ1) is 8.22. The van der Waals surface area contributed by atoms with Crippen molar-refractivity contribution in [1.29, 1.82) is 0 Å². The molecule has 0 spiro atoms. The average Bonchev–Trinajstić information content (AvgIpc) is 2.32. The number of anilines is 1. The molecule has 0 unspecified atom stereocenters. The Morgan fingerprint density at radius 3 is 2.71 bits per heavy atom. The topological polar surface area (TPSA) is 42.0 Å². The second kappa shape index (κ2) is 7.76. The van der Waals surface area contributed by atoms with Gasteiger partial charge in [-0.1, -0.05) is 32.6 Å². The van der Waals surface area contributed by atoms with Crippen LogP contribution in [0.5, 0.6) is 0 Å². The van der Waals surface area contributed by atoms with Crippen molar-refractivity contribution in [3.8, 4) is 0 Å². The van der Waals surface area contributed by atoms with Crippen molar-refractivity contribution in [3.63, 3.8) is 0 Å². The highest BCUT2D eigenvalue weighted by Crippen LogP contribution is 2.08. The standard InChI is InChI=1S/C13H19FN2O/c1-2-3-4-5-6-7-13(17)16-11-8-9-12(14)15-10-11/h8-10H,2-7H2,1H3,(H,16,17). The van der Waals surface area contributed by atoms with Crippen LogP contribution in [0, 0.1) is 5.95 Å². The lowest BCUT2D eigenvalue weighted by atomic mass is 10.1. The van der Waals surface area contributed by atoms with Gasteiger partial charge < -0.3 is 5.32 Å². The summed E-state index contributed by atoms with van der Waals surface area (Å²) in [5, 5.41) is 2.69. The lowest BCUT2D eigenvalue weighted by Gasteiger charge is -2.04. The first-order valence-corrected chi connectivity index (χ1v) is 6.13. The highest BCUT2D eigenvalue weighted by Gasteiger charge is 2.02. The van der Waals surface area contributed by atoms with Gasteiger partial charge in [0, 0.05) is 6.42 Å². The number of nitrogens with one attached hydrogen (secondary N) is 1. The maximum atomic E-state index is 12.5. The van der Waals surface area contributed by atoms with Crippen LogP contribution < -0.4 is 5.32 Å². The minimum absolute atomic E-state index is 0.0325. The molecule has 0 aliphatic carbocycles. The van der Waals surface area contributed by atoms with Crippen molar-refractivity contribution >= 4 is 11.6 Å². The number of carbonyl (C=O) groups is 1. The van der Waals surface area contributed by atoms with Crippen molar-refractivity contribution in [1.82, 2.24) is 4.98 Å². The SMILES string of the molecule is CCCCCCCC(=O)Nc1ccc(F)nc1. The Labute approximate surface area is 101 Å². The summed E-state index contributed by atoms with van der Waals surface area (Å²) >= 11 is 0. The quantitative estimate of drug-likeness (QED) is 0.583. The number of halogens is 1. The van der Waals surface area contributed by atoms with Gasteiger partial charge in [-0.25, -0.2) is 4.98 Å². The zero-order valence-electron chi connectivity index (χ0n) is 10.2. The Bertz CT molecular complexity index is 338. The third kappa shape index (κ3) is 6.00. The first kappa shape index (κ1) is 13.6. The molecule has 4 heteroatoms. The van der Waals surface area contributed by atoms with Gasteiger partial charge in [0.05, 0.1) is 11.9 Å². The van der Waals surface area contributed by atoms with Gasteiger partial charge in [-0.2, -0.15) is 4.39 Å². The number of carbonyl (C=O) groups excluding carboxylic acids is 1. The van der Waals surface area contributed by atoms with E-state index in [0.717, 1.165) is 12.8 Å². The van der Waals surface area contributed by atoms with Gasteiger partial charge >= 0.3 is 0 Å². The molecule has 1 N–H and O–H groups in total. The van der Waals surface area contributed by atoms with Gasteiger partial charge in [-0.15, -0.1) is 0 Å². The second-order valence-corrected chi connectivity index (χ2v) is 4.08. The summed E-state index contributed by atoms with van der Waals surface area (Å²) < 4.78 is 12.5. The van der Waals surface area contributed by atoms with E-state index in [1.807, 2.05) is 0 Å². The molecule has 1 aromatic heterocycles. The second-order valence-electron chi connectivity index (χ2n) is 4.08. The molecule has 17 heavy (non-hydrogen) atoms. The Hall–Kier alpha value is -1.45. The maximum absolute atomic E-state index is 12.5. The van der Waals surface area contributed by atoms with E-state index in [1.54, 1.807) is 0 Å². The van der Waals surface area contributed by atoms with E-state index in [2.05, 4.69) is 17.2 Å². The molecule has 0 aliphatic rings. The Morgan fingerprint density at radius 1 is 1.29 bits per heavy atom. The summed E-state index contributed by atoms with van der Waals surface area (Å²) in [6.45, 7) is 2.16. The molecule has 0 fully saturated rings. The van der Waals surface area contributed by atoms with Crippen LogP contribution in [0.4, 0.5) is 10.1 Å². The van der Waals surface area contributed by atoms with Gasteiger partial charge in [-0.3, -0.25) is 4.79 Å². The third-order valence-electron chi connectivity index (χ3n) is 2.52. The number of pyridine rings is 1. The number of hydrogen-bond donors (Lipinski definition) is 1. The highest BCUT2D eigenvalue weighted by atomic mass is 19.1. The molecule has 0 atom stereocenters. The van der Waals surface area contributed by atoms with Crippen molar-refractivity contribution in [2.24, 2.45) is 0 Å². The Morgan fingerprint density at radius 2 is 2.06 bits per heavy atom. The fourth-order valence-electron chi connectivity index (χ4n) is 1.56. The number of aromatic nitrogens is 1. The van der Waals surface area contributed by atoms with Crippen LogP contribution in [-0.2, 0) is 4.79 Å². The number of rotatable bonds is 7. The Balaban J connectivity index is 2.18.